The SMILES string of the molecule is COc1c(C#Cc2ccc(C(=O)NC(CCNC(=O)OC(C)(C)C)(CCNC(=O)OC(C)(C)C)CCNC(=O)OC(C)(C)C)cc2)cc(-c2cc(-c3ccccn3)nc(-c3ccccn3)c2)cc1C#Cc1ccc(C(=O)NC(CCNC(=O)OC(C)(C)C)(CCNC(=O)OC(C)(C)C)CCNC(=O)OC(C)(C)C)cc1. The van der Waals surface area contributed by atoms with E-state index in [-0.39, 0.29) is 88.9 Å². The molecule has 0 aliphatic heterocycles. The minimum atomic E-state index is -1.17. The molecule has 6 aromatic rings. The Morgan fingerprint density at radius 3 is 0.836 bits per heavy atom. The first-order valence-electron chi connectivity index (χ1n) is 36.6. The van der Waals surface area contributed by atoms with Crippen LogP contribution in [0.2, 0.25) is 0 Å². The van der Waals surface area contributed by atoms with Gasteiger partial charge in [0.1, 0.15) is 39.4 Å². The highest BCUT2D eigenvalue weighted by Crippen LogP contribution is 2.35. The molecule has 0 fully saturated rings. The van der Waals surface area contributed by atoms with Gasteiger partial charge in [-0.25, -0.2) is 33.8 Å². The number of nitrogens with one attached hydrogen (secondary N) is 8. The minimum Gasteiger partial charge on any atom is -0.494 e. The van der Waals surface area contributed by atoms with Gasteiger partial charge in [0.15, 0.2) is 0 Å². The fourth-order valence-electron chi connectivity index (χ4n) is 10.9. The number of amides is 8. The quantitative estimate of drug-likeness (QED) is 0.0185. The molecule has 26 nitrogen and oxygen atoms in total. The molecule has 0 bridgehead atoms. The lowest BCUT2D eigenvalue weighted by Gasteiger charge is -2.36. The molecule has 0 saturated heterocycles. The van der Waals surface area contributed by atoms with Crippen LogP contribution in [0.25, 0.3) is 33.9 Å². The Hall–Kier alpha value is -11.4. The molecule has 0 saturated carbocycles. The number of carbonyl (C=O) groups is 8. The van der Waals surface area contributed by atoms with E-state index in [1.165, 1.54) is 7.11 Å². The Labute approximate surface area is 646 Å². The average Bonchev–Trinajstić information content (AvgIpc) is 0.786. The van der Waals surface area contributed by atoms with Crippen LogP contribution in [-0.2, 0) is 28.4 Å². The molecule has 0 atom stereocenters. The third-order valence-electron chi connectivity index (χ3n) is 15.7. The van der Waals surface area contributed by atoms with Crippen LogP contribution in [-0.4, -0.2) is 154 Å². The molecule has 590 valence electrons. The van der Waals surface area contributed by atoms with Gasteiger partial charge in [-0.15, -0.1) is 0 Å². The van der Waals surface area contributed by atoms with Crippen LogP contribution in [0.5, 0.6) is 5.75 Å². The van der Waals surface area contributed by atoms with Gasteiger partial charge in [0.05, 0.1) is 41.0 Å². The third-order valence-corrected chi connectivity index (χ3v) is 15.7. The number of hydrogen-bond acceptors (Lipinski definition) is 18. The summed E-state index contributed by atoms with van der Waals surface area (Å²) in [6, 6.07) is 32.0. The lowest BCUT2D eigenvalue weighted by Crippen LogP contribution is -2.54. The smallest absolute Gasteiger partial charge is 0.407 e. The van der Waals surface area contributed by atoms with Crippen LogP contribution in [0.3, 0.4) is 0 Å². The van der Waals surface area contributed by atoms with Crippen molar-refractivity contribution in [2.75, 3.05) is 46.4 Å². The van der Waals surface area contributed by atoms with Crippen LogP contribution in [0.1, 0.15) is 206 Å². The molecular weight excluding hydrogens is 1400 g/mol. The number of hydrogen-bond donors (Lipinski definition) is 8. The standard InChI is InChI=1S/C84H109N11O15/c1-77(2,3)105-71(98)87-46-38-83(39-47-88-72(99)106-78(4,5)6,40-48-89-73(100)107-79(7,8)9)94-69(96)58-32-26-56(27-33-58)30-36-60-52-62(63-54-66(64-24-20-22-44-85-64)93-67(55-63)65-25-21-23-45-86-65)53-61(68(60)104-19)37-31-57-28-34-59(35-29-57)70(97)95-84(41-49-90-74(101)108-80(10,11)12,42-50-91-75(102)109-81(13,14)15)43-51-92-76(103)110-82(16,17)18/h20-29,32-35,44-45,52-55H,38-43,46-51H2,1-19H3,(H,87,98)(H,88,99)(H,89,100)(H,90,101)(H,91,102)(H,92,103)(H,94,96)(H,95,97). The molecule has 8 N–H and O–H groups in total. The number of pyridine rings is 3. The molecule has 3 aromatic heterocycles. The molecule has 0 aliphatic carbocycles. The van der Waals surface area contributed by atoms with Gasteiger partial charge in [0.2, 0.25) is 0 Å². The lowest BCUT2D eigenvalue weighted by atomic mass is 9.86. The van der Waals surface area contributed by atoms with Gasteiger partial charge < -0.3 is 75.7 Å². The van der Waals surface area contributed by atoms with Crippen LogP contribution in [0, 0.1) is 23.7 Å². The molecule has 0 aliphatic rings. The maximum Gasteiger partial charge on any atom is 0.407 e. The Bertz CT molecular complexity index is 3840. The average molecular weight is 1510 g/mol. The maximum atomic E-state index is 14.6. The Morgan fingerprint density at radius 2 is 0.600 bits per heavy atom. The van der Waals surface area contributed by atoms with Gasteiger partial charge in [-0.3, -0.25) is 19.6 Å². The molecule has 26 heteroatoms. The van der Waals surface area contributed by atoms with E-state index in [4.69, 9.17) is 38.1 Å². The van der Waals surface area contributed by atoms with Crippen molar-refractivity contribution in [2.24, 2.45) is 0 Å². The van der Waals surface area contributed by atoms with Crippen LogP contribution < -0.4 is 47.3 Å². The largest absolute Gasteiger partial charge is 0.494 e. The van der Waals surface area contributed by atoms with Crippen molar-refractivity contribution in [3.63, 3.8) is 0 Å². The number of aromatic nitrogens is 3. The zero-order valence-electron chi connectivity index (χ0n) is 67.0. The van der Waals surface area contributed by atoms with Crippen LogP contribution in [0.4, 0.5) is 28.8 Å². The highest BCUT2D eigenvalue weighted by Gasteiger charge is 2.36. The first kappa shape index (κ1) is 87.5. The predicted molar refractivity (Wildman–Crippen MR) is 421 cm³/mol. The first-order chi connectivity index (χ1) is 51.3. The molecule has 8 amide bonds. The highest BCUT2D eigenvalue weighted by molar-refractivity contribution is 5.95. The van der Waals surface area contributed by atoms with Crippen molar-refractivity contribution < 1.29 is 71.5 Å². The summed E-state index contributed by atoms with van der Waals surface area (Å²) in [5, 5.41) is 23.1. The van der Waals surface area contributed by atoms with Crippen LogP contribution >= 0.6 is 0 Å². The number of alkyl carbamates (subject to hydrolysis) is 6. The summed E-state index contributed by atoms with van der Waals surface area (Å²) in [4.78, 5) is 121. The summed E-state index contributed by atoms with van der Waals surface area (Å²) in [6.07, 6.45) is 0.200. The Balaban J connectivity index is 1.41. The number of benzene rings is 3. The summed E-state index contributed by atoms with van der Waals surface area (Å²) in [7, 11) is 1.51. The minimum absolute atomic E-state index is 0.0376. The number of rotatable bonds is 26. The molecule has 3 heterocycles. The van der Waals surface area contributed by atoms with E-state index >= 15 is 0 Å². The van der Waals surface area contributed by atoms with E-state index in [9.17, 15) is 38.4 Å². The second-order valence-corrected chi connectivity index (χ2v) is 32.4. The van der Waals surface area contributed by atoms with Crippen molar-refractivity contribution in [1.82, 2.24) is 57.5 Å². The predicted octanol–water partition coefficient (Wildman–Crippen LogP) is 14.1. The summed E-state index contributed by atoms with van der Waals surface area (Å²) in [5.41, 5.74) is -0.875. The van der Waals surface area contributed by atoms with E-state index in [1.807, 2.05) is 60.7 Å². The van der Waals surface area contributed by atoms with Gasteiger partial charge in [0.25, 0.3) is 11.8 Å². The van der Waals surface area contributed by atoms with Gasteiger partial charge in [-0.1, -0.05) is 35.8 Å². The zero-order chi connectivity index (χ0) is 81.3. The van der Waals surface area contributed by atoms with Crippen molar-refractivity contribution in [3.8, 4) is 63.3 Å². The number of methoxy groups -OCH3 is 1. The molecule has 0 unspecified atom stereocenters. The van der Waals surface area contributed by atoms with Crippen LogP contribution in [0.15, 0.2) is 122 Å². The number of nitrogens with zero attached hydrogens (tertiary/aromatic N) is 3. The molecule has 0 spiro atoms. The number of carbonyl (C=O) groups excluding carboxylic acids is 8. The van der Waals surface area contributed by atoms with E-state index in [0.717, 1.165) is 5.56 Å². The van der Waals surface area contributed by atoms with Gasteiger partial charge in [-0.2, -0.15) is 0 Å². The van der Waals surface area contributed by atoms with Gasteiger partial charge in [0, 0.05) is 85.0 Å². The molecule has 110 heavy (non-hydrogen) atoms. The van der Waals surface area contributed by atoms with E-state index in [1.54, 1.807) is 186 Å². The normalized spacial score (nSPS) is 11.8. The van der Waals surface area contributed by atoms with Gasteiger partial charge in [-0.05, 0) is 271 Å². The monoisotopic (exact) mass is 1510 g/mol. The highest BCUT2D eigenvalue weighted by atomic mass is 16.6. The fourth-order valence-corrected chi connectivity index (χ4v) is 10.9. The third kappa shape index (κ3) is 31.8. The molecular formula is C84H109N11O15. The summed E-state index contributed by atoms with van der Waals surface area (Å²) in [5.74, 6) is 12.5. The lowest BCUT2D eigenvalue weighted by molar-refractivity contribution is 0.0488. The number of ether oxygens (including phenoxy) is 7. The van der Waals surface area contributed by atoms with Gasteiger partial charge >= 0.3 is 36.6 Å². The maximum absolute atomic E-state index is 14.6. The Kier molecular flexibility index (Phi) is 30.7. The first-order valence-corrected chi connectivity index (χ1v) is 36.6. The van der Waals surface area contributed by atoms with E-state index in [0.29, 0.717) is 56.3 Å². The second-order valence-electron chi connectivity index (χ2n) is 32.4. The second kappa shape index (κ2) is 38.6. The van der Waals surface area contributed by atoms with Crippen molar-refractivity contribution >= 4 is 48.4 Å². The fraction of sp³-hybridized carbons (Fsp3) is 0.464. The summed E-state index contributed by atoms with van der Waals surface area (Å²) < 4.78 is 39.3. The van der Waals surface area contributed by atoms with Crippen molar-refractivity contribution in [3.05, 3.63) is 155 Å². The molecule has 3 aromatic carbocycles. The Morgan fingerprint density at radius 1 is 0.336 bits per heavy atom. The summed E-state index contributed by atoms with van der Waals surface area (Å²) >= 11 is 0. The molecule has 0 radical (unpaired) electrons. The van der Waals surface area contributed by atoms with E-state index in [2.05, 4.69) is 76.2 Å². The zero-order valence-corrected chi connectivity index (χ0v) is 67.0. The topological polar surface area (TPSA) is 336 Å². The van der Waals surface area contributed by atoms with E-state index < -0.39 is 93.1 Å². The summed E-state index contributed by atoms with van der Waals surface area (Å²) in [6.45, 7) is 31.6. The van der Waals surface area contributed by atoms with Crippen molar-refractivity contribution in [1.29, 1.82) is 0 Å². The van der Waals surface area contributed by atoms with Crippen molar-refractivity contribution in [2.45, 2.75) is 208 Å². The molecule has 6 rings (SSSR count).